The summed E-state index contributed by atoms with van der Waals surface area (Å²) in [4.78, 5) is 14.8. The SMILES string of the molecule is CC(C)(C)c1ccc(C(=O)N[C@H]2CCN(c3cc(-c4ccc(F)cc4)[nH]n3)C2)cc1. The van der Waals surface area contributed by atoms with E-state index >= 15 is 0 Å². The van der Waals surface area contributed by atoms with Gasteiger partial charge in [0.25, 0.3) is 5.91 Å². The number of H-pyrrole nitrogens is 1. The number of rotatable bonds is 4. The van der Waals surface area contributed by atoms with Crippen molar-refractivity contribution >= 4 is 11.7 Å². The van der Waals surface area contributed by atoms with Gasteiger partial charge in [0, 0.05) is 30.8 Å². The van der Waals surface area contributed by atoms with E-state index in [1.807, 2.05) is 30.3 Å². The maximum absolute atomic E-state index is 13.1. The molecule has 0 bridgehead atoms. The van der Waals surface area contributed by atoms with Gasteiger partial charge < -0.3 is 10.2 Å². The van der Waals surface area contributed by atoms with E-state index in [0.717, 1.165) is 30.0 Å². The zero-order valence-electron chi connectivity index (χ0n) is 17.6. The third-order valence-corrected chi connectivity index (χ3v) is 5.58. The summed E-state index contributed by atoms with van der Waals surface area (Å²) >= 11 is 0. The third-order valence-electron chi connectivity index (χ3n) is 5.58. The second kappa shape index (κ2) is 7.94. The summed E-state index contributed by atoms with van der Waals surface area (Å²) < 4.78 is 13.1. The first-order valence-electron chi connectivity index (χ1n) is 10.3. The van der Waals surface area contributed by atoms with E-state index in [2.05, 4.69) is 41.2 Å². The Morgan fingerprint density at radius 2 is 1.83 bits per heavy atom. The highest BCUT2D eigenvalue weighted by molar-refractivity contribution is 5.94. The van der Waals surface area contributed by atoms with Gasteiger partial charge in [-0.15, -0.1) is 0 Å². The van der Waals surface area contributed by atoms with Crippen LogP contribution in [0.5, 0.6) is 0 Å². The van der Waals surface area contributed by atoms with Crippen LogP contribution in [0.2, 0.25) is 0 Å². The van der Waals surface area contributed by atoms with Gasteiger partial charge in [0.1, 0.15) is 5.82 Å². The molecule has 1 fully saturated rings. The average molecular weight is 407 g/mol. The van der Waals surface area contributed by atoms with Crippen molar-refractivity contribution < 1.29 is 9.18 Å². The molecule has 156 valence electrons. The highest BCUT2D eigenvalue weighted by Gasteiger charge is 2.26. The van der Waals surface area contributed by atoms with E-state index in [1.165, 1.54) is 17.7 Å². The zero-order chi connectivity index (χ0) is 21.3. The van der Waals surface area contributed by atoms with Crippen molar-refractivity contribution in [3.8, 4) is 11.3 Å². The Morgan fingerprint density at radius 1 is 1.13 bits per heavy atom. The van der Waals surface area contributed by atoms with E-state index in [1.54, 1.807) is 12.1 Å². The fourth-order valence-electron chi connectivity index (χ4n) is 3.73. The molecule has 0 saturated carbocycles. The number of carbonyl (C=O) groups excluding carboxylic acids is 1. The molecule has 1 atom stereocenters. The number of nitrogens with zero attached hydrogens (tertiary/aromatic N) is 2. The molecule has 1 saturated heterocycles. The van der Waals surface area contributed by atoms with Crippen LogP contribution in [0.25, 0.3) is 11.3 Å². The Labute approximate surface area is 176 Å². The molecule has 2 aromatic carbocycles. The van der Waals surface area contributed by atoms with Crippen LogP contribution in [-0.2, 0) is 5.41 Å². The van der Waals surface area contributed by atoms with Crippen molar-refractivity contribution in [2.24, 2.45) is 0 Å². The first kappa shape index (κ1) is 20.1. The van der Waals surface area contributed by atoms with Gasteiger partial charge in [0.05, 0.1) is 5.69 Å². The second-order valence-electron chi connectivity index (χ2n) is 8.88. The van der Waals surface area contributed by atoms with Gasteiger partial charge in [0.15, 0.2) is 5.82 Å². The molecule has 0 unspecified atom stereocenters. The standard InChI is InChI=1S/C24H27FN4O/c1-24(2,3)18-8-4-17(5-9-18)23(30)26-20-12-13-29(15-20)22-14-21(27-28-22)16-6-10-19(25)11-7-16/h4-11,14,20H,12-13,15H2,1-3H3,(H,26,30)(H,27,28)/t20-/m0/s1. The predicted octanol–water partition coefficient (Wildman–Crippen LogP) is 4.52. The highest BCUT2D eigenvalue weighted by Crippen LogP contribution is 2.25. The number of nitrogens with one attached hydrogen (secondary N) is 2. The summed E-state index contributed by atoms with van der Waals surface area (Å²) in [6, 6.07) is 16.2. The van der Waals surface area contributed by atoms with Crippen LogP contribution >= 0.6 is 0 Å². The maximum Gasteiger partial charge on any atom is 0.251 e. The van der Waals surface area contributed by atoms with Gasteiger partial charge in [0.2, 0.25) is 0 Å². The predicted molar refractivity (Wildman–Crippen MR) is 117 cm³/mol. The minimum Gasteiger partial charge on any atom is -0.353 e. The molecular formula is C24H27FN4O. The Bertz CT molecular complexity index is 1020. The molecular weight excluding hydrogens is 379 g/mol. The molecule has 3 aromatic rings. The second-order valence-corrected chi connectivity index (χ2v) is 8.88. The quantitative estimate of drug-likeness (QED) is 0.670. The number of aromatic nitrogens is 2. The molecule has 1 aliphatic rings. The lowest BCUT2D eigenvalue weighted by Crippen LogP contribution is -2.37. The lowest BCUT2D eigenvalue weighted by molar-refractivity contribution is 0.0940. The zero-order valence-corrected chi connectivity index (χ0v) is 17.6. The number of hydrogen-bond acceptors (Lipinski definition) is 3. The van der Waals surface area contributed by atoms with Crippen molar-refractivity contribution in [1.29, 1.82) is 0 Å². The molecule has 6 heteroatoms. The minimum atomic E-state index is -0.260. The van der Waals surface area contributed by atoms with Crippen LogP contribution < -0.4 is 10.2 Å². The van der Waals surface area contributed by atoms with Crippen LogP contribution in [0.1, 0.15) is 43.1 Å². The fraction of sp³-hybridized carbons (Fsp3) is 0.333. The van der Waals surface area contributed by atoms with E-state index in [4.69, 9.17) is 0 Å². The molecule has 2 N–H and O–H groups in total. The van der Waals surface area contributed by atoms with Crippen molar-refractivity contribution in [3.63, 3.8) is 0 Å². The molecule has 2 heterocycles. The Morgan fingerprint density at radius 3 is 2.50 bits per heavy atom. The number of aromatic amines is 1. The number of anilines is 1. The van der Waals surface area contributed by atoms with Crippen molar-refractivity contribution in [2.45, 2.75) is 38.6 Å². The molecule has 0 radical (unpaired) electrons. The average Bonchev–Trinajstić information content (AvgIpc) is 3.37. The molecule has 4 rings (SSSR count). The minimum absolute atomic E-state index is 0.0451. The molecule has 5 nitrogen and oxygen atoms in total. The van der Waals surface area contributed by atoms with Crippen LogP contribution in [0.3, 0.4) is 0 Å². The van der Waals surface area contributed by atoms with Crippen molar-refractivity contribution in [3.05, 3.63) is 71.5 Å². The molecule has 1 aromatic heterocycles. The van der Waals surface area contributed by atoms with Gasteiger partial charge >= 0.3 is 0 Å². The summed E-state index contributed by atoms with van der Waals surface area (Å²) in [6.07, 6.45) is 0.866. The van der Waals surface area contributed by atoms with Crippen molar-refractivity contribution in [2.75, 3.05) is 18.0 Å². The highest BCUT2D eigenvalue weighted by atomic mass is 19.1. The number of carbonyl (C=O) groups is 1. The summed E-state index contributed by atoms with van der Waals surface area (Å²) in [6.45, 7) is 8.00. The molecule has 0 aliphatic carbocycles. The van der Waals surface area contributed by atoms with Gasteiger partial charge in [-0.2, -0.15) is 5.10 Å². The summed E-state index contributed by atoms with van der Waals surface area (Å²) in [5, 5.41) is 10.5. The molecule has 1 amide bonds. The lowest BCUT2D eigenvalue weighted by Gasteiger charge is -2.19. The monoisotopic (exact) mass is 406 g/mol. The first-order valence-corrected chi connectivity index (χ1v) is 10.3. The maximum atomic E-state index is 13.1. The number of halogens is 1. The van der Waals surface area contributed by atoms with Crippen LogP contribution in [0, 0.1) is 5.82 Å². The number of hydrogen-bond donors (Lipinski definition) is 2. The fourth-order valence-corrected chi connectivity index (χ4v) is 3.73. The Balaban J connectivity index is 1.37. The van der Waals surface area contributed by atoms with Crippen LogP contribution in [-0.4, -0.2) is 35.2 Å². The van der Waals surface area contributed by atoms with E-state index in [9.17, 15) is 9.18 Å². The Kier molecular flexibility index (Phi) is 5.33. The third kappa shape index (κ3) is 4.37. The van der Waals surface area contributed by atoms with Crippen LogP contribution in [0.15, 0.2) is 54.6 Å². The molecule has 30 heavy (non-hydrogen) atoms. The van der Waals surface area contributed by atoms with Gasteiger partial charge in [-0.1, -0.05) is 32.9 Å². The molecule has 1 aliphatic heterocycles. The first-order chi connectivity index (χ1) is 14.3. The summed E-state index contributed by atoms with van der Waals surface area (Å²) in [5.74, 6) is 0.529. The summed E-state index contributed by atoms with van der Waals surface area (Å²) in [7, 11) is 0. The largest absolute Gasteiger partial charge is 0.353 e. The van der Waals surface area contributed by atoms with Crippen molar-refractivity contribution in [1.82, 2.24) is 15.5 Å². The van der Waals surface area contributed by atoms with Gasteiger partial charge in [-0.25, -0.2) is 4.39 Å². The topological polar surface area (TPSA) is 61.0 Å². The lowest BCUT2D eigenvalue weighted by atomic mass is 9.86. The Hall–Kier alpha value is -3.15. The number of benzene rings is 2. The summed E-state index contributed by atoms with van der Waals surface area (Å²) in [5.41, 5.74) is 3.69. The van der Waals surface area contributed by atoms with E-state index in [0.29, 0.717) is 12.1 Å². The molecule has 0 spiro atoms. The smallest absolute Gasteiger partial charge is 0.251 e. The normalized spacial score (nSPS) is 16.7. The van der Waals surface area contributed by atoms with Gasteiger partial charge in [-0.3, -0.25) is 9.89 Å². The van der Waals surface area contributed by atoms with E-state index < -0.39 is 0 Å². The number of amides is 1. The van der Waals surface area contributed by atoms with Crippen LogP contribution in [0.4, 0.5) is 10.2 Å². The van der Waals surface area contributed by atoms with E-state index in [-0.39, 0.29) is 23.2 Å². The van der Waals surface area contributed by atoms with Gasteiger partial charge in [-0.05, 0) is 59.4 Å².